The third kappa shape index (κ3) is 3.65. The van der Waals surface area contributed by atoms with Crippen molar-refractivity contribution in [3.8, 4) is 11.1 Å². The monoisotopic (exact) mass is 415 g/mol. The van der Waals surface area contributed by atoms with Gasteiger partial charge in [0, 0.05) is 11.2 Å². The largest absolute Gasteiger partial charge is 0.264 e. The molecule has 2 aromatic heterocycles. The molecule has 0 amide bonds. The second-order valence-electron chi connectivity index (χ2n) is 6.15. The van der Waals surface area contributed by atoms with Gasteiger partial charge in [0.05, 0.1) is 11.1 Å². The minimum absolute atomic E-state index is 0.102. The average molecular weight is 416 g/mol. The molecule has 3 rings (SSSR count). The molecule has 0 fully saturated rings. The molecule has 0 spiro atoms. The number of sulfonamides is 1. The van der Waals surface area contributed by atoms with Crippen LogP contribution in [0.5, 0.6) is 0 Å². The quantitative estimate of drug-likeness (QED) is 0.611. The van der Waals surface area contributed by atoms with Crippen molar-refractivity contribution < 1.29 is 12.8 Å². The van der Waals surface area contributed by atoms with Crippen LogP contribution in [0.1, 0.15) is 13.8 Å². The summed E-state index contributed by atoms with van der Waals surface area (Å²) in [6.07, 6.45) is 1.61. The molecular formula is C17H16Cl2FN3O2S. The third-order valence-electron chi connectivity index (χ3n) is 3.79. The third-order valence-corrected chi connectivity index (χ3v) is 6.85. The lowest BCUT2D eigenvalue weighted by molar-refractivity contribution is 0.577. The molecule has 138 valence electrons. The molecule has 0 aliphatic rings. The van der Waals surface area contributed by atoms with E-state index in [0.717, 1.165) is 0 Å². The van der Waals surface area contributed by atoms with E-state index in [0.29, 0.717) is 21.7 Å². The summed E-state index contributed by atoms with van der Waals surface area (Å²) in [6, 6.07) is 8.97. The lowest BCUT2D eigenvalue weighted by Gasteiger charge is -2.15. The summed E-state index contributed by atoms with van der Waals surface area (Å²) in [6.45, 7) is 3.42. The second kappa shape index (κ2) is 7.06. The molecule has 0 saturated carbocycles. The highest BCUT2D eigenvalue weighted by Gasteiger charge is 2.29. The van der Waals surface area contributed by atoms with E-state index in [2.05, 4.69) is 9.82 Å². The van der Waals surface area contributed by atoms with Gasteiger partial charge in [0.15, 0.2) is 10.5 Å². The second-order valence-corrected chi connectivity index (χ2v) is 9.11. The molecule has 26 heavy (non-hydrogen) atoms. The first-order chi connectivity index (χ1) is 12.2. The molecule has 1 atom stereocenters. The summed E-state index contributed by atoms with van der Waals surface area (Å²) >= 11 is 12.1. The van der Waals surface area contributed by atoms with Gasteiger partial charge in [0.25, 0.3) is 10.0 Å². The van der Waals surface area contributed by atoms with Crippen LogP contribution < -0.4 is 4.72 Å². The predicted molar refractivity (Wildman–Crippen MR) is 103 cm³/mol. The van der Waals surface area contributed by atoms with Crippen molar-refractivity contribution in [1.82, 2.24) is 9.61 Å². The Morgan fingerprint density at radius 3 is 2.46 bits per heavy atom. The number of pyridine rings is 1. The first-order valence-electron chi connectivity index (χ1n) is 7.78. The molecule has 0 bridgehead atoms. The number of rotatable bonds is 5. The summed E-state index contributed by atoms with van der Waals surface area (Å²) < 4.78 is 41.2. The molecule has 0 aliphatic heterocycles. The van der Waals surface area contributed by atoms with E-state index in [-0.39, 0.29) is 11.7 Å². The first-order valence-corrected chi connectivity index (χ1v) is 10.1. The van der Waals surface area contributed by atoms with Gasteiger partial charge in [-0.1, -0.05) is 37.6 Å². The van der Waals surface area contributed by atoms with Crippen LogP contribution in [0.15, 0.2) is 42.6 Å². The molecule has 1 aromatic carbocycles. The topological polar surface area (TPSA) is 63.5 Å². The van der Waals surface area contributed by atoms with Gasteiger partial charge >= 0.3 is 0 Å². The molecule has 0 aliphatic carbocycles. The van der Waals surface area contributed by atoms with Crippen molar-refractivity contribution in [2.75, 3.05) is 4.72 Å². The van der Waals surface area contributed by atoms with Crippen LogP contribution in [0, 0.1) is 11.7 Å². The number of anilines is 1. The summed E-state index contributed by atoms with van der Waals surface area (Å²) in [4.78, 5) is 0. The van der Waals surface area contributed by atoms with Crippen LogP contribution >= 0.6 is 23.2 Å². The van der Waals surface area contributed by atoms with E-state index in [1.54, 1.807) is 44.3 Å². The van der Waals surface area contributed by atoms with Crippen LogP contribution in [-0.2, 0) is 10.0 Å². The van der Waals surface area contributed by atoms with Crippen molar-refractivity contribution in [1.29, 1.82) is 0 Å². The zero-order valence-electron chi connectivity index (χ0n) is 13.9. The normalized spacial score (nSPS) is 13.3. The fourth-order valence-corrected chi connectivity index (χ4v) is 4.08. The Kier molecular flexibility index (Phi) is 5.14. The van der Waals surface area contributed by atoms with E-state index >= 15 is 0 Å². The van der Waals surface area contributed by atoms with Gasteiger partial charge in [-0.2, -0.15) is 0 Å². The lowest BCUT2D eigenvalue weighted by atomic mass is 10.1. The summed E-state index contributed by atoms with van der Waals surface area (Å²) in [5.74, 6) is -0.592. The Hall–Kier alpha value is -1.83. The molecule has 1 unspecified atom stereocenters. The van der Waals surface area contributed by atoms with Crippen molar-refractivity contribution in [3.05, 3.63) is 53.4 Å². The van der Waals surface area contributed by atoms with Crippen LogP contribution in [0.25, 0.3) is 16.6 Å². The maximum Gasteiger partial charge on any atom is 0.251 e. The van der Waals surface area contributed by atoms with E-state index in [1.807, 2.05) is 0 Å². The van der Waals surface area contributed by atoms with Crippen LogP contribution in [0.3, 0.4) is 0 Å². The van der Waals surface area contributed by atoms with Crippen molar-refractivity contribution in [2.24, 2.45) is 5.92 Å². The number of fused-ring (bicyclic) bond motifs is 1. The van der Waals surface area contributed by atoms with Crippen LogP contribution in [-0.4, -0.2) is 22.7 Å². The smallest absolute Gasteiger partial charge is 0.251 e. The molecule has 3 aromatic rings. The summed E-state index contributed by atoms with van der Waals surface area (Å²) in [5.41, 5.74) is 1.67. The van der Waals surface area contributed by atoms with Gasteiger partial charge in [0.1, 0.15) is 5.82 Å². The molecule has 0 radical (unpaired) electrons. The summed E-state index contributed by atoms with van der Waals surface area (Å²) in [5, 5.41) is 4.76. The van der Waals surface area contributed by atoms with Gasteiger partial charge < -0.3 is 0 Å². The number of halogens is 3. The van der Waals surface area contributed by atoms with Crippen molar-refractivity contribution in [2.45, 2.75) is 18.6 Å². The highest BCUT2D eigenvalue weighted by Crippen LogP contribution is 2.34. The van der Waals surface area contributed by atoms with Crippen LogP contribution in [0.2, 0.25) is 5.02 Å². The molecule has 9 heteroatoms. The standard InChI is InChI=1S/C17H16Cl2FN3O2S/c1-10(2)16(19)26(24,25)22-17-15(11-3-5-13(20)6-4-11)14-9-12(18)7-8-23(14)21-17/h3-10,16H,1-2H3,(H,21,22). The van der Waals surface area contributed by atoms with Gasteiger partial charge in [-0.05, 0) is 35.7 Å². The van der Waals surface area contributed by atoms with Crippen LogP contribution in [0.4, 0.5) is 10.2 Å². The maximum atomic E-state index is 13.3. The van der Waals surface area contributed by atoms with Gasteiger partial charge in [0.2, 0.25) is 0 Å². The zero-order chi connectivity index (χ0) is 19.1. The highest BCUT2D eigenvalue weighted by molar-refractivity contribution is 7.94. The average Bonchev–Trinajstić information content (AvgIpc) is 2.91. The van der Waals surface area contributed by atoms with E-state index < -0.39 is 20.5 Å². The van der Waals surface area contributed by atoms with Crippen molar-refractivity contribution in [3.63, 3.8) is 0 Å². The number of hydrogen-bond donors (Lipinski definition) is 1. The lowest BCUT2D eigenvalue weighted by Crippen LogP contribution is -2.27. The summed E-state index contributed by atoms with van der Waals surface area (Å²) in [7, 11) is -3.88. The Morgan fingerprint density at radius 1 is 1.19 bits per heavy atom. The molecule has 2 heterocycles. The van der Waals surface area contributed by atoms with E-state index in [1.165, 1.54) is 16.6 Å². The molecule has 1 N–H and O–H groups in total. The Balaban J connectivity index is 2.19. The van der Waals surface area contributed by atoms with Gasteiger partial charge in [-0.3, -0.25) is 4.72 Å². The van der Waals surface area contributed by atoms with Crippen molar-refractivity contribution >= 4 is 44.6 Å². The fourth-order valence-electron chi connectivity index (χ4n) is 2.54. The predicted octanol–water partition coefficient (Wildman–Crippen LogP) is 4.76. The first kappa shape index (κ1) is 18.9. The highest BCUT2D eigenvalue weighted by atomic mass is 35.5. The number of hydrogen-bond acceptors (Lipinski definition) is 3. The molecular weight excluding hydrogens is 400 g/mol. The number of benzene rings is 1. The van der Waals surface area contributed by atoms with Gasteiger partial charge in [-0.15, -0.1) is 16.7 Å². The Labute approximate surface area is 160 Å². The van der Waals surface area contributed by atoms with E-state index in [4.69, 9.17) is 23.2 Å². The minimum Gasteiger partial charge on any atom is -0.264 e. The number of alkyl halides is 1. The zero-order valence-corrected chi connectivity index (χ0v) is 16.3. The Bertz CT molecular complexity index is 1050. The number of aromatic nitrogens is 2. The maximum absolute atomic E-state index is 13.3. The molecule has 5 nitrogen and oxygen atoms in total. The Morgan fingerprint density at radius 2 is 1.85 bits per heavy atom. The number of nitrogens with zero attached hydrogens (tertiary/aromatic N) is 2. The van der Waals surface area contributed by atoms with Gasteiger partial charge in [-0.25, -0.2) is 17.3 Å². The fraction of sp³-hybridized carbons (Fsp3) is 0.235. The minimum atomic E-state index is -3.88. The van der Waals surface area contributed by atoms with E-state index in [9.17, 15) is 12.8 Å². The number of nitrogens with one attached hydrogen (secondary N) is 1. The SMILES string of the molecule is CC(C)C(Cl)S(=O)(=O)Nc1nn2ccc(Cl)cc2c1-c1ccc(F)cc1. The molecule has 0 saturated heterocycles.